The number of alkyl halides is 3. The molecule has 150 valence electrons. The fraction of sp³-hybridized carbons (Fsp3) is 0.278. The average Bonchev–Trinajstić information content (AvgIpc) is 3.22. The van der Waals surface area contributed by atoms with Crippen molar-refractivity contribution in [3.8, 4) is 11.3 Å². The lowest BCUT2D eigenvalue weighted by atomic mass is 10.1. The molecule has 10 heteroatoms. The summed E-state index contributed by atoms with van der Waals surface area (Å²) in [5.74, 6) is -1.21. The van der Waals surface area contributed by atoms with Crippen LogP contribution in [0.15, 0.2) is 29.8 Å². The second-order valence-corrected chi connectivity index (χ2v) is 6.31. The van der Waals surface area contributed by atoms with E-state index in [2.05, 4.69) is 15.4 Å². The van der Waals surface area contributed by atoms with Crippen molar-refractivity contribution in [3.63, 3.8) is 0 Å². The van der Waals surface area contributed by atoms with E-state index in [9.17, 15) is 22.4 Å². The van der Waals surface area contributed by atoms with Crippen molar-refractivity contribution in [2.24, 2.45) is 7.05 Å². The molecular weight excluding hydrogens is 396 g/mol. The van der Waals surface area contributed by atoms with Gasteiger partial charge in [-0.05, 0) is 31.2 Å². The number of benzene rings is 1. The molecule has 28 heavy (non-hydrogen) atoms. The summed E-state index contributed by atoms with van der Waals surface area (Å²) in [7, 11) is 1.30. The number of aryl methyl sites for hydroxylation is 2. The molecule has 0 bridgehead atoms. The molecule has 0 atom stereocenters. The number of nitrogens with zero attached hydrogens (tertiary/aromatic N) is 3. The quantitative estimate of drug-likeness (QED) is 0.593. The molecule has 0 aliphatic rings. The van der Waals surface area contributed by atoms with Crippen LogP contribution in [0.25, 0.3) is 11.3 Å². The molecule has 0 unspecified atom stereocenters. The highest BCUT2D eigenvalue weighted by atomic mass is 32.1. The largest absolute Gasteiger partial charge is 0.435 e. The molecule has 0 saturated carbocycles. The minimum atomic E-state index is -4.62. The van der Waals surface area contributed by atoms with Gasteiger partial charge in [-0.1, -0.05) is 13.8 Å². The maximum absolute atomic E-state index is 14.4. The number of halogens is 4. The highest BCUT2D eigenvalue weighted by Gasteiger charge is 2.35. The average molecular weight is 414 g/mol. The molecule has 1 amide bonds. The van der Waals surface area contributed by atoms with E-state index in [0.29, 0.717) is 10.6 Å². The summed E-state index contributed by atoms with van der Waals surface area (Å²) in [5.41, 5.74) is 1.08. The van der Waals surface area contributed by atoms with Crippen molar-refractivity contribution in [2.45, 2.75) is 26.9 Å². The maximum atomic E-state index is 14.4. The lowest BCUT2D eigenvalue weighted by molar-refractivity contribution is -0.141. The van der Waals surface area contributed by atoms with Crippen molar-refractivity contribution in [1.82, 2.24) is 14.8 Å². The van der Waals surface area contributed by atoms with E-state index in [-0.39, 0.29) is 16.9 Å². The monoisotopic (exact) mass is 414 g/mol. The van der Waals surface area contributed by atoms with Crippen LogP contribution < -0.4 is 5.32 Å². The summed E-state index contributed by atoms with van der Waals surface area (Å²) in [4.78, 5) is 16.5. The molecule has 2 heterocycles. The Morgan fingerprint density at radius 1 is 1.21 bits per heavy atom. The minimum Gasteiger partial charge on any atom is -0.321 e. The van der Waals surface area contributed by atoms with Crippen LogP contribution >= 0.6 is 11.3 Å². The van der Waals surface area contributed by atoms with E-state index >= 15 is 0 Å². The summed E-state index contributed by atoms with van der Waals surface area (Å²) < 4.78 is 53.6. The second-order valence-electron chi connectivity index (χ2n) is 5.45. The Bertz CT molecular complexity index is 978. The Hall–Kier alpha value is -2.75. The first-order chi connectivity index (χ1) is 13.2. The van der Waals surface area contributed by atoms with Gasteiger partial charge in [0.05, 0.1) is 16.9 Å². The third kappa shape index (κ3) is 4.56. The number of amides is 1. The van der Waals surface area contributed by atoms with Crippen molar-refractivity contribution in [1.29, 1.82) is 0 Å². The predicted molar refractivity (Wildman–Crippen MR) is 99.8 cm³/mol. The summed E-state index contributed by atoms with van der Waals surface area (Å²) in [6.45, 7) is 5.68. The molecule has 0 fully saturated rings. The highest BCUT2D eigenvalue weighted by Crippen LogP contribution is 2.33. The fourth-order valence-electron chi connectivity index (χ4n) is 2.37. The first-order valence-electron chi connectivity index (χ1n) is 8.29. The molecule has 0 radical (unpaired) electrons. The molecule has 0 aliphatic carbocycles. The zero-order valence-corrected chi connectivity index (χ0v) is 16.4. The van der Waals surface area contributed by atoms with Gasteiger partial charge in [-0.25, -0.2) is 9.37 Å². The van der Waals surface area contributed by atoms with Crippen molar-refractivity contribution in [2.75, 3.05) is 5.32 Å². The first-order valence-corrected chi connectivity index (χ1v) is 9.17. The molecule has 1 N–H and O–H groups in total. The molecule has 0 saturated heterocycles. The summed E-state index contributed by atoms with van der Waals surface area (Å²) in [6.07, 6.45) is -4.62. The Morgan fingerprint density at radius 2 is 1.89 bits per heavy atom. The van der Waals surface area contributed by atoms with Crippen LogP contribution in [0, 0.1) is 12.7 Å². The standard InChI is InChI=1S/C16H12F4N4OS.C2H6/c1-8-14(26-7-21-8)15(25)22-9-3-4-10(11(17)5-9)12-6-13(16(18,19)20)23-24(12)2;1-2/h3-7H,1-2H3,(H,22,25);1-2H3. The van der Waals surface area contributed by atoms with Crippen molar-refractivity contribution in [3.05, 3.63) is 51.9 Å². The van der Waals surface area contributed by atoms with Gasteiger partial charge in [0.1, 0.15) is 10.7 Å². The van der Waals surface area contributed by atoms with Gasteiger partial charge in [0.2, 0.25) is 0 Å². The normalized spacial score (nSPS) is 11.0. The van der Waals surface area contributed by atoms with E-state index < -0.39 is 23.6 Å². The number of carbonyl (C=O) groups excluding carboxylic acids is 1. The van der Waals surface area contributed by atoms with Gasteiger partial charge in [0, 0.05) is 18.3 Å². The number of hydrogen-bond donors (Lipinski definition) is 1. The van der Waals surface area contributed by atoms with Crippen molar-refractivity contribution >= 4 is 22.9 Å². The first kappa shape index (κ1) is 21.5. The SMILES string of the molecule is CC.Cc1ncsc1C(=O)Nc1ccc(-c2cc(C(F)(F)F)nn2C)c(F)c1. The van der Waals surface area contributed by atoms with Gasteiger partial charge < -0.3 is 5.32 Å². The van der Waals surface area contributed by atoms with E-state index in [0.717, 1.165) is 28.2 Å². The molecule has 5 nitrogen and oxygen atoms in total. The third-order valence-corrected chi connectivity index (χ3v) is 4.55. The molecule has 3 aromatic rings. The number of thiazole rings is 1. The zero-order chi connectivity index (χ0) is 21.1. The van der Waals surface area contributed by atoms with Crippen LogP contribution in [0.2, 0.25) is 0 Å². The number of carbonyl (C=O) groups is 1. The molecular formula is C18H18F4N4OS. The fourth-order valence-corrected chi connectivity index (χ4v) is 3.06. The van der Waals surface area contributed by atoms with Crippen LogP contribution in [0.1, 0.15) is 34.9 Å². The summed E-state index contributed by atoms with van der Waals surface area (Å²) in [6, 6.07) is 4.52. The molecule has 0 spiro atoms. The molecule has 3 rings (SSSR count). The van der Waals surface area contributed by atoms with Crippen LogP contribution in [0.5, 0.6) is 0 Å². The highest BCUT2D eigenvalue weighted by molar-refractivity contribution is 7.12. The van der Waals surface area contributed by atoms with E-state index in [1.165, 1.54) is 24.7 Å². The smallest absolute Gasteiger partial charge is 0.321 e. The van der Waals surface area contributed by atoms with Crippen LogP contribution in [0.3, 0.4) is 0 Å². The van der Waals surface area contributed by atoms with E-state index in [1.54, 1.807) is 6.92 Å². The Labute approximate surface area is 163 Å². The second kappa shape index (κ2) is 8.51. The lowest BCUT2D eigenvalue weighted by Gasteiger charge is -2.08. The van der Waals surface area contributed by atoms with Crippen molar-refractivity contribution < 1.29 is 22.4 Å². The van der Waals surface area contributed by atoms with Gasteiger partial charge in [-0.3, -0.25) is 9.48 Å². The Morgan fingerprint density at radius 3 is 2.39 bits per heavy atom. The topological polar surface area (TPSA) is 59.8 Å². The van der Waals surface area contributed by atoms with E-state index in [1.807, 2.05) is 13.8 Å². The summed E-state index contributed by atoms with van der Waals surface area (Å²) in [5, 5.41) is 5.90. The zero-order valence-electron chi connectivity index (χ0n) is 15.6. The van der Waals surface area contributed by atoms with Gasteiger partial charge in [-0.15, -0.1) is 11.3 Å². The predicted octanol–water partition coefficient (Wildman–Crippen LogP) is 5.29. The lowest BCUT2D eigenvalue weighted by Crippen LogP contribution is -2.11. The van der Waals surface area contributed by atoms with Gasteiger partial charge in [-0.2, -0.15) is 18.3 Å². The molecule has 1 aromatic carbocycles. The van der Waals surface area contributed by atoms with Crippen LogP contribution in [-0.2, 0) is 13.2 Å². The van der Waals surface area contributed by atoms with Gasteiger partial charge in [0.25, 0.3) is 5.91 Å². The number of aromatic nitrogens is 3. The number of nitrogens with one attached hydrogen (secondary N) is 1. The molecule has 2 aromatic heterocycles. The van der Waals surface area contributed by atoms with Crippen LogP contribution in [-0.4, -0.2) is 20.7 Å². The minimum absolute atomic E-state index is 0.0222. The van der Waals surface area contributed by atoms with Gasteiger partial charge in [0.15, 0.2) is 5.69 Å². The molecule has 0 aliphatic heterocycles. The maximum Gasteiger partial charge on any atom is 0.435 e. The van der Waals surface area contributed by atoms with E-state index in [4.69, 9.17) is 0 Å². The Balaban J connectivity index is 0.00000136. The van der Waals surface area contributed by atoms with Crippen LogP contribution in [0.4, 0.5) is 23.2 Å². The number of hydrogen-bond acceptors (Lipinski definition) is 4. The number of anilines is 1. The number of rotatable bonds is 3. The third-order valence-electron chi connectivity index (χ3n) is 3.62. The summed E-state index contributed by atoms with van der Waals surface area (Å²) >= 11 is 1.15. The van der Waals surface area contributed by atoms with Gasteiger partial charge >= 0.3 is 6.18 Å². The Kier molecular flexibility index (Phi) is 6.55.